The van der Waals surface area contributed by atoms with Gasteiger partial charge in [0.1, 0.15) is 0 Å². The van der Waals surface area contributed by atoms with Gasteiger partial charge in [0.25, 0.3) is 0 Å². The van der Waals surface area contributed by atoms with Crippen LogP contribution in [0.2, 0.25) is 0 Å². The molecule has 1 saturated carbocycles. The molecule has 100 valence electrons. The van der Waals surface area contributed by atoms with Crippen molar-refractivity contribution in [3.05, 3.63) is 0 Å². The average molecular weight is 262 g/mol. The Morgan fingerprint density at radius 2 is 2.12 bits per heavy atom. The Morgan fingerprint density at radius 3 is 2.76 bits per heavy atom. The minimum absolute atomic E-state index is 0.163. The van der Waals surface area contributed by atoms with Gasteiger partial charge in [-0.15, -0.1) is 0 Å². The standard InChI is InChI=1S/C11H22N2O3S/c1-2-12-5-6-17(15,16)13-7-9-3-4-11(14)10(9)8-13/h9-12,14H,2-8H2,1H3. The van der Waals surface area contributed by atoms with Crippen molar-refractivity contribution in [2.24, 2.45) is 11.8 Å². The maximum atomic E-state index is 12.0. The molecule has 1 heterocycles. The molecular formula is C11H22N2O3S. The number of fused-ring (bicyclic) bond motifs is 1. The van der Waals surface area contributed by atoms with E-state index in [2.05, 4.69) is 5.32 Å². The van der Waals surface area contributed by atoms with Crippen LogP contribution in [0.5, 0.6) is 0 Å². The van der Waals surface area contributed by atoms with E-state index in [1.54, 1.807) is 4.31 Å². The minimum atomic E-state index is -3.14. The molecule has 6 heteroatoms. The van der Waals surface area contributed by atoms with Gasteiger partial charge in [-0.05, 0) is 25.3 Å². The number of hydrogen-bond acceptors (Lipinski definition) is 4. The monoisotopic (exact) mass is 262 g/mol. The third kappa shape index (κ3) is 2.81. The molecule has 0 spiro atoms. The Morgan fingerprint density at radius 1 is 1.35 bits per heavy atom. The van der Waals surface area contributed by atoms with E-state index in [1.807, 2.05) is 6.92 Å². The molecule has 1 aliphatic carbocycles. The molecular weight excluding hydrogens is 240 g/mol. The Kier molecular flexibility index (Phi) is 4.07. The van der Waals surface area contributed by atoms with E-state index in [-0.39, 0.29) is 17.8 Å². The first-order chi connectivity index (χ1) is 8.04. The summed E-state index contributed by atoms with van der Waals surface area (Å²) in [6, 6.07) is 0. The van der Waals surface area contributed by atoms with Crippen molar-refractivity contribution in [2.45, 2.75) is 25.9 Å². The number of rotatable bonds is 5. The highest BCUT2D eigenvalue weighted by molar-refractivity contribution is 7.89. The minimum Gasteiger partial charge on any atom is -0.393 e. The zero-order valence-corrected chi connectivity index (χ0v) is 11.1. The molecule has 1 aliphatic heterocycles. The molecule has 2 aliphatic rings. The molecule has 3 atom stereocenters. The van der Waals surface area contributed by atoms with E-state index >= 15 is 0 Å². The predicted octanol–water partition coefficient (Wildman–Crippen LogP) is -0.372. The first-order valence-electron chi connectivity index (χ1n) is 6.41. The van der Waals surface area contributed by atoms with Crippen molar-refractivity contribution in [3.8, 4) is 0 Å². The molecule has 0 radical (unpaired) electrons. The molecule has 0 aromatic carbocycles. The molecule has 17 heavy (non-hydrogen) atoms. The normalized spacial score (nSPS) is 34.1. The van der Waals surface area contributed by atoms with Gasteiger partial charge in [-0.2, -0.15) is 0 Å². The highest BCUT2D eigenvalue weighted by Crippen LogP contribution is 2.38. The summed E-state index contributed by atoms with van der Waals surface area (Å²) in [6.45, 7) is 4.38. The Balaban J connectivity index is 1.91. The number of hydrogen-bond donors (Lipinski definition) is 2. The van der Waals surface area contributed by atoms with Gasteiger partial charge >= 0.3 is 0 Å². The zero-order valence-electron chi connectivity index (χ0n) is 10.3. The molecule has 0 aromatic rings. The molecule has 3 unspecified atom stereocenters. The van der Waals surface area contributed by atoms with E-state index < -0.39 is 10.0 Å². The fourth-order valence-corrected chi connectivity index (χ4v) is 4.41. The number of aliphatic hydroxyl groups excluding tert-OH is 1. The second kappa shape index (κ2) is 5.22. The SMILES string of the molecule is CCNCCS(=O)(=O)N1CC2CCC(O)C2C1. The number of nitrogens with one attached hydrogen (secondary N) is 1. The van der Waals surface area contributed by atoms with E-state index in [0.29, 0.717) is 25.6 Å². The van der Waals surface area contributed by atoms with E-state index in [1.165, 1.54) is 0 Å². The van der Waals surface area contributed by atoms with Gasteiger partial charge in [0.05, 0.1) is 11.9 Å². The Hall–Kier alpha value is -0.170. The maximum absolute atomic E-state index is 12.0. The van der Waals surface area contributed by atoms with Gasteiger partial charge in [0.15, 0.2) is 0 Å². The first kappa shape index (κ1) is 13.3. The van der Waals surface area contributed by atoms with Crippen LogP contribution in [0, 0.1) is 11.8 Å². The molecule has 2 rings (SSSR count). The average Bonchev–Trinajstić information content (AvgIpc) is 2.82. The van der Waals surface area contributed by atoms with Gasteiger partial charge in [0.2, 0.25) is 10.0 Å². The quantitative estimate of drug-likeness (QED) is 0.663. The zero-order chi connectivity index (χ0) is 12.5. The van der Waals surface area contributed by atoms with Crippen LogP contribution in [0.25, 0.3) is 0 Å². The number of aliphatic hydroxyl groups is 1. The fraction of sp³-hybridized carbons (Fsp3) is 1.00. The molecule has 0 aromatic heterocycles. The largest absolute Gasteiger partial charge is 0.393 e. The van der Waals surface area contributed by atoms with Crippen molar-refractivity contribution in [2.75, 3.05) is 31.9 Å². The lowest BCUT2D eigenvalue weighted by atomic mass is 10.00. The third-order valence-electron chi connectivity index (χ3n) is 3.97. The second-order valence-corrected chi connectivity index (χ2v) is 7.14. The highest BCUT2D eigenvalue weighted by atomic mass is 32.2. The summed E-state index contributed by atoms with van der Waals surface area (Å²) in [6.07, 6.45) is 1.50. The third-order valence-corrected chi connectivity index (χ3v) is 5.77. The van der Waals surface area contributed by atoms with Crippen LogP contribution in [0.3, 0.4) is 0 Å². The molecule has 2 fully saturated rings. The highest BCUT2D eigenvalue weighted by Gasteiger charge is 2.45. The van der Waals surface area contributed by atoms with Crippen LogP contribution >= 0.6 is 0 Å². The van der Waals surface area contributed by atoms with Crippen molar-refractivity contribution < 1.29 is 13.5 Å². The van der Waals surface area contributed by atoms with Gasteiger partial charge in [-0.1, -0.05) is 6.92 Å². The summed E-state index contributed by atoms with van der Waals surface area (Å²) in [5.41, 5.74) is 0. The Bertz CT molecular complexity index is 358. The number of sulfonamides is 1. The van der Waals surface area contributed by atoms with E-state index in [0.717, 1.165) is 19.4 Å². The lowest BCUT2D eigenvalue weighted by Gasteiger charge is -2.18. The molecule has 5 nitrogen and oxygen atoms in total. The summed E-state index contributed by atoms with van der Waals surface area (Å²) in [5, 5.41) is 12.8. The molecule has 2 N–H and O–H groups in total. The first-order valence-corrected chi connectivity index (χ1v) is 8.02. The van der Waals surface area contributed by atoms with Gasteiger partial charge in [-0.3, -0.25) is 0 Å². The van der Waals surface area contributed by atoms with Crippen molar-refractivity contribution in [3.63, 3.8) is 0 Å². The maximum Gasteiger partial charge on any atom is 0.215 e. The summed E-state index contributed by atoms with van der Waals surface area (Å²) >= 11 is 0. The van der Waals surface area contributed by atoms with Crippen LogP contribution in [-0.2, 0) is 10.0 Å². The van der Waals surface area contributed by atoms with E-state index in [4.69, 9.17) is 0 Å². The summed E-state index contributed by atoms with van der Waals surface area (Å²) in [5.74, 6) is 0.707. The predicted molar refractivity (Wildman–Crippen MR) is 66.1 cm³/mol. The lowest BCUT2D eigenvalue weighted by Crippen LogP contribution is -2.36. The van der Waals surface area contributed by atoms with Crippen molar-refractivity contribution >= 4 is 10.0 Å². The molecule has 1 saturated heterocycles. The van der Waals surface area contributed by atoms with Crippen LogP contribution < -0.4 is 5.32 Å². The van der Waals surface area contributed by atoms with Crippen molar-refractivity contribution in [1.82, 2.24) is 9.62 Å². The Labute approximate surface area is 103 Å². The fourth-order valence-electron chi connectivity index (χ4n) is 2.93. The summed E-state index contributed by atoms with van der Waals surface area (Å²) in [4.78, 5) is 0. The van der Waals surface area contributed by atoms with Crippen LogP contribution in [0.15, 0.2) is 0 Å². The van der Waals surface area contributed by atoms with Gasteiger partial charge in [-0.25, -0.2) is 12.7 Å². The smallest absolute Gasteiger partial charge is 0.215 e. The topological polar surface area (TPSA) is 69.6 Å². The van der Waals surface area contributed by atoms with Crippen LogP contribution in [0.1, 0.15) is 19.8 Å². The van der Waals surface area contributed by atoms with Gasteiger partial charge < -0.3 is 10.4 Å². The van der Waals surface area contributed by atoms with Gasteiger partial charge in [0, 0.05) is 25.6 Å². The molecule has 0 amide bonds. The summed E-state index contributed by atoms with van der Waals surface area (Å²) in [7, 11) is -3.14. The number of nitrogens with zero attached hydrogens (tertiary/aromatic N) is 1. The summed E-state index contributed by atoms with van der Waals surface area (Å²) < 4.78 is 25.7. The van der Waals surface area contributed by atoms with E-state index in [9.17, 15) is 13.5 Å². The molecule has 0 bridgehead atoms. The van der Waals surface area contributed by atoms with Crippen molar-refractivity contribution in [1.29, 1.82) is 0 Å². The lowest BCUT2D eigenvalue weighted by molar-refractivity contribution is 0.129. The second-order valence-electron chi connectivity index (χ2n) is 5.06. The van der Waals surface area contributed by atoms with Crippen LogP contribution in [-0.4, -0.2) is 55.9 Å². The van der Waals surface area contributed by atoms with Crippen LogP contribution in [0.4, 0.5) is 0 Å².